The maximum Gasteiger partial charge on any atom is 0.324 e. The van der Waals surface area contributed by atoms with E-state index in [1.165, 1.54) is 0 Å². The molecule has 1 rings (SSSR count). The number of aromatic nitrogens is 2. The smallest absolute Gasteiger partial charge is 0.300 e. The van der Waals surface area contributed by atoms with Gasteiger partial charge in [0.05, 0.1) is 0 Å². The maximum atomic E-state index is 11.1. The van der Waals surface area contributed by atoms with Gasteiger partial charge in [0.25, 0.3) is 0 Å². The number of rotatable bonds is 2. The third-order valence-corrected chi connectivity index (χ3v) is 1.86. The van der Waals surface area contributed by atoms with Gasteiger partial charge in [-0.2, -0.15) is 0 Å². The number of nitrogens with zero attached hydrogens (tertiary/aromatic N) is 1. The molecular weight excluding hydrogens is 178 g/mol. The van der Waals surface area contributed by atoms with Crippen molar-refractivity contribution in [3.8, 4) is 0 Å². The van der Waals surface area contributed by atoms with E-state index in [0.717, 1.165) is 11.3 Å². The first-order valence-electron chi connectivity index (χ1n) is 3.46. The number of H-pyrrole nitrogens is 1. The Morgan fingerprint density at radius 1 is 1.67 bits per heavy atom. The summed E-state index contributed by atoms with van der Waals surface area (Å²) in [6.45, 7) is 3.54. The van der Waals surface area contributed by atoms with Crippen LogP contribution >= 0.6 is 11.3 Å². The molecule has 1 amide bonds. The highest BCUT2D eigenvalue weighted by atomic mass is 32.1. The van der Waals surface area contributed by atoms with E-state index in [9.17, 15) is 9.59 Å². The molecule has 1 heterocycles. The molecule has 2 N–H and O–H groups in total. The lowest BCUT2D eigenvalue weighted by Crippen LogP contribution is -2.17. The third-order valence-electron chi connectivity index (χ3n) is 1.19. The fourth-order valence-electron chi connectivity index (χ4n) is 0.533. The Kier molecular flexibility index (Phi) is 2.59. The zero-order valence-corrected chi connectivity index (χ0v) is 7.57. The van der Waals surface area contributed by atoms with Crippen molar-refractivity contribution >= 4 is 22.4 Å². The van der Waals surface area contributed by atoms with Gasteiger partial charge in [-0.1, -0.05) is 13.8 Å². The summed E-state index contributed by atoms with van der Waals surface area (Å²) in [7, 11) is 0. The lowest BCUT2D eigenvalue weighted by atomic mass is 10.2. The monoisotopic (exact) mass is 187 g/mol. The molecule has 1 aromatic rings. The predicted octanol–water partition coefficient (Wildman–Crippen LogP) is 0.426. The largest absolute Gasteiger partial charge is 0.324 e. The lowest BCUT2D eigenvalue weighted by Gasteiger charge is -2.01. The van der Waals surface area contributed by atoms with Crippen molar-refractivity contribution < 1.29 is 4.79 Å². The minimum Gasteiger partial charge on any atom is -0.300 e. The van der Waals surface area contributed by atoms with E-state index in [1.54, 1.807) is 13.8 Å². The lowest BCUT2D eigenvalue weighted by molar-refractivity contribution is -0.118. The zero-order chi connectivity index (χ0) is 9.14. The molecule has 0 saturated carbocycles. The van der Waals surface area contributed by atoms with E-state index in [2.05, 4.69) is 15.5 Å². The molecule has 6 heteroatoms. The van der Waals surface area contributed by atoms with Crippen molar-refractivity contribution in [3.05, 3.63) is 9.67 Å². The molecule has 0 aliphatic heterocycles. The van der Waals surface area contributed by atoms with Gasteiger partial charge < -0.3 is 5.32 Å². The van der Waals surface area contributed by atoms with Crippen LogP contribution in [0.2, 0.25) is 0 Å². The second-order valence-electron chi connectivity index (χ2n) is 2.56. The summed E-state index contributed by atoms with van der Waals surface area (Å²) in [5.74, 6) is -0.248. The zero-order valence-electron chi connectivity index (χ0n) is 6.75. The Hall–Kier alpha value is -1.17. The number of hydrogen-bond acceptors (Lipinski definition) is 4. The Morgan fingerprint density at radius 2 is 2.33 bits per heavy atom. The van der Waals surface area contributed by atoms with Gasteiger partial charge in [0.2, 0.25) is 11.0 Å². The number of aromatic amines is 1. The standard InChI is InChI=1S/C6H9N3O2S/c1-3(2)4(10)7-5-8-9-6(11)12-5/h3H,1-2H3,(H,9,11)(H,7,8,10). The number of carbonyl (C=O) groups is 1. The molecule has 0 aliphatic rings. The van der Waals surface area contributed by atoms with Crippen LogP contribution in [0.5, 0.6) is 0 Å². The summed E-state index contributed by atoms with van der Waals surface area (Å²) >= 11 is 0.879. The highest BCUT2D eigenvalue weighted by molar-refractivity contribution is 7.13. The third kappa shape index (κ3) is 2.16. The molecule has 0 aromatic carbocycles. The molecule has 0 spiro atoms. The minimum absolute atomic E-state index is 0.107. The van der Waals surface area contributed by atoms with E-state index in [0.29, 0.717) is 5.13 Å². The highest BCUT2D eigenvalue weighted by Gasteiger charge is 2.08. The molecule has 66 valence electrons. The Labute approximate surface area is 72.8 Å². The van der Waals surface area contributed by atoms with Crippen LogP contribution in [0, 0.1) is 5.92 Å². The van der Waals surface area contributed by atoms with E-state index in [1.807, 2.05) is 0 Å². The minimum atomic E-state index is -0.269. The Bertz CT molecular complexity index is 328. The normalized spacial score (nSPS) is 10.2. The fraction of sp³-hybridized carbons (Fsp3) is 0.500. The topological polar surface area (TPSA) is 74.8 Å². The number of amides is 1. The van der Waals surface area contributed by atoms with Gasteiger partial charge in [0, 0.05) is 5.92 Å². The molecule has 12 heavy (non-hydrogen) atoms. The van der Waals surface area contributed by atoms with Crippen LogP contribution < -0.4 is 10.2 Å². The number of hydrogen-bond donors (Lipinski definition) is 2. The predicted molar refractivity (Wildman–Crippen MR) is 46.2 cm³/mol. The quantitative estimate of drug-likeness (QED) is 0.704. The van der Waals surface area contributed by atoms with Crippen LogP contribution in [-0.2, 0) is 4.79 Å². The fourth-order valence-corrected chi connectivity index (χ4v) is 1.04. The molecule has 5 nitrogen and oxygen atoms in total. The summed E-state index contributed by atoms with van der Waals surface area (Å²) < 4.78 is 0. The van der Waals surface area contributed by atoms with Crippen LogP contribution in [0.3, 0.4) is 0 Å². The van der Waals surface area contributed by atoms with Crippen LogP contribution in [0.4, 0.5) is 5.13 Å². The van der Waals surface area contributed by atoms with Crippen molar-refractivity contribution in [2.75, 3.05) is 5.32 Å². The van der Waals surface area contributed by atoms with Gasteiger partial charge in [-0.3, -0.25) is 9.59 Å². The summed E-state index contributed by atoms with van der Waals surface area (Å²) in [4.78, 5) is 21.4. The summed E-state index contributed by atoms with van der Waals surface area (Å²) in [6, 6.07) is 0. The molecule has 0 atom stereocenters. The van der Waals surface area contributed by atoms with Gasteiger partial charge in [0.1, 0.15) is 0 Å². The summed E-state index contributed by atoms with van der Waals surface area (Å²) in [5, 5.41) is 8.62. The van der Waals surface area contributed by atoms with Crippen LogP contribution in [0.1, 0.15) is 13.8 Å². The van der Waals surface area contributed by atoms with Gasteiger partial charge in [0.15, 0.2) is 0 Å². The van der Waals surface area contributed by atoms with E-state index < -0.39 is 0 Å². The van der Waals surface area contributed by atoms with E-state index >= 15 is 0 Å². The molecule has 0 aliphatic carbocycles. The highest BCUT2D eigenvalue weighted by Crippen LogP contribution is 2.05. The molecular formula is C6H9N3O2S. The Balaban J connectivity index is 2.64. The van der Waals surface area contributed by atoms with Crippen molar-refractivity contribution in [1.82, 2.24) is 10.2 Å². The van der Waals surface area contributed by atoms with Crippen molar-refractivity contribution in [1.29, 1.82) is 0 Å². The van der Waals surface area contributed by atoms with Crippen molar-refractivity contribution in [2.24, 2.45) is 5.92 Å². The van der Waals surface area contributed by atoms with Crippen LogP contribution in [0.15, 0.2) is 4.79 Å². The van der Waals surface area contributed by atoms with Crippen molar-refractivity contribution in [2.45, 2.75) is 13.8 Å². The average Bonchev–Trinajstić information content (AvgIpc) is 2.35. The van der Waals surface area contributed by atoms with Crippen molar-refractivity contribution in [3.63, 3.8) is 0 Å². The first-order valence-corrected chi connectivity index (χ1v) is 4.27. The number of carbonyl (C=O) groups excluding carboxylic acids is 1. The number of nitrogens with one attached hydrogen (secondary N) is 2. The van der Waals surface area contributed by atoms with E-state index in [-0.39, 0.29) is 16.7 Å². The first-order chi connectivity index (χ1) is 5.59. The second-order valence-corrected chi connectivity index (χ2v) is 3.52. The molecule has 0 saturated heterocycles. The molecule has 0 radical (unpaired) electrons. The maximum absolute atomic E-state index is 11.1. The van der Waals surface area contributed by atoms with Crippen LogP contribution in [-0.4, -0.2) is 16.1 Å². The summed E-state index contributed by atoms with van der Waals surface area (Å²) in [6.07, 6.45) is 0. The Morgan fingerprint density at radius 3 is 2.75 bits per heavy atom. The molecule has 0 bridgehead atoms. The average molecular weight is 187 g/mol. The second kappa shape index (κ2) is 3.48. The van der Waals surface area contributed by atoms with Gasteiger partial charge in [-0.05, 0) is 11.3 Å². The van der Waals surface area contributed by atoms with Gasteiger partial charge in [-0.25, -0.2) is 5.10 Å². The SMILES string of the molecule is CC(C)C(=O)Nc1n[nH]c(=O)s1. The first kappa shape index (κ1) is 8.92. The van der Waals surface area contributed by atoms with E-state index in [4.69, 9.17) is 0 Å². The molecule has 0 fully saturated rings. The van der Waals surface area contributed by atoms with Gasteiger partial charge >= 0.3 is 4.87 Å². The molecule has 1 aromatic heterocycles. The summed E-state index contributed by atoms with van der Waals surface area (Å²) in [5.41, 5.74) is 0. The van der Waals surface area contributed by atoms with Gasteiger partial charge in [-0.15, -0.1) is 5.10 Å². The molecule has 0 unspecified atom stereocenters. The van der Waals surface area contributed by atoms with Crippen LogP contribution in [0.25, 0.3) is 0 Å². The number of anilines is 1.